The van der Waals surface area contributed by atoms with Crippen LogP contribution >= 0.6 is 0 Å². The molecule has 8 heteroatoms. The molecule has 0 atom stereocenters. The van der Waals surface area contributed by atoms with Crippen molar-refractivity contribution in [2.75, 3.05) is 14.1 Å². The highest BCUT2D eigenvalue weighted by molar-refractivity contribution is 5.97. The summed E-state index contributed by atoms with van der Waals surface area (Å²) in [6.45, 7) is 10.0. The molecule has 2 aromatic carbocycles. The van der Waals surface area contributed by atoms with Crippen LogP contribution in [0.15, 0.2) is 85.2 Å². The fourth-order valence-corrected chi connectivity index (χ4v) is 3.87. The number of pyridine rings is 1. The molecule has 3 aromatic heterocycles. The van der Waals surface area contributed by atoms with Crippen LogP contribution in [0.2, 0.25) is 0 Å². The Bertz CT molecular complexity index is 1670. The predicted octanol–water partition coefficient (Wildman–Crippen LogP) is 6.70. The summed E-state index contributed by atoms with van der Waals surface area (Å²) in [6, 6.07) is 15.0. The third-order valence-electron chi connectivity index (χ3n) is 6.55. The Morgan fingerprint density at radius 3 is 2.56 bits per heavy atom. The Morgan fingerprint density at radius 2 is 1.90 bits per heavy atom. The molecule has 0 amide bonds. The Kier molecular flexibility index (Phi) is 8.36. The molecule has 0 bridgehead atoms. The number of nitrogens with zero attached hydrogens (tertiary/aromatic N) is 4. The lowest BCUT2D eigenvalue weighted by molar-refractivity contribution is 0.335. The lowest BCUT2D eigenvalue weighted by atomic mass is 10.0. The summed E-state index contributed by atoms with van der Waals surface area (Å²) in [5.74, 6) is 0.280. The van der Waals surface area contributed by atoms with Gasteiger partial charge in [-0.1, -0.05) is 30.9 Å². The van der Waals surface area contributed by atoms with Crippen LogP contribution in [0.5, 0.6) is 0 Å². The van der Waals surface area contributed by atoms with Crippen molar-refractivity contribution in [3.8, 4) is 22.6 Å². The first-order chi connectivity index (χ1) is 18.7. The highest BCUT2D eigenvalue weighted by Crippen LogP contribution is 2.32. The van der Waals surface area contributed by atoms with Gasteiger partial charge in [0.05, 0.1) is 11.0 Å². The average molecular weight is 524 g/mol. The van der Waals surface area contributed by atoms with Gasteiger partial charge in [-0.3, -0.25) is 5.10 Å². The zero-order chi connectivity index (χ0) is 28.1. The van der Waals surface area contributed by atoms with Gasteiger partial charge in [-0.15, -0.1) is 0 Å². The van der Waals surface area contributed by atoms with Crippen molar-refractivity contribution in [2.24, 2.45) is 5.73 Å². The van der Waals surface area contributed by atoms with E-state index in [2.05, 4.69) is 64.6 Å². The topological polar surface area (TPSA) is 99.5 Å². The van der Waals surface area contributed by atoms with E-state index in [1.807, 2.05) is 49.4 Å². The van der Waals surface area contributed by atoms with E-state index in [1.54, 1.807) is 18.3 Å². The minimum atomic E-state index is -0.297. The Balaban J connectivity index is 0.000000531. The quantitative estimate of drug-likeness (QED) is 0.215. The number of aromatic amines is 2. The molecule has 0 spiro atoms. The lowest BCUT2D eigenvalue weighted by Gasteiger charge is -2.12. The largest absolute Gasteiger partial charge is 0.399 e. The second kappa shape index (κ2) is 11.9. The zero-order valence-electron chi connectivity index (χ0n) is 23.0. The number of allylic oxidation sites excluding steroid dienone is 4. The number of fused-ring (bicyclic) bond motifs is 2. The Morgan fingerprint density at radius 1 is 1.13 bits per heavy atom. The van der Waals surface area contributed by atoms with Crippen LogP contribution in [0.1, 0.15) is 26.3 Å². The van der Waals surface area contributed by atoms with Crippen molar-refractivity contribution in [1.29, 1.82) is 0 Å². The van der Waals surface area contributed by atoms with Gasteiger partial charge in [0.1, 0.15) is 11.5 Å². The molecule has 39 heavy (non-hydrogen) atoms. The van der Waals surface area contributed by atoms with Crippen LogP contribution in [0.3, 0.4) is 0 Å². The molecule has 5 aromatic rings. The first-order valence-electron chi connectivity index (χ1n) is 12.7. The minimum Gasteiger partial charge on any atom is -0.399 e. The number of benzene rings is 2. The molecule has 7 nitrogen and oxygen atoms in total. The van der Waals surface area contributed by atoms with E-state index in [1.165, 1.54) is 12.1 Å². The maximum Gasteiger partial charge on any atom is 0.178 e. The van der Waals surface area contributed by atoms with Gasteiger partial charge in [0.25, 0.3) is 0 Å². The lowest BCUT2D eigenvalue weighted by Crippen LogP contribution is -2.20. The molecule has 0 radical (unpaired) electrons. The van der Waals surface area contributed by atoms with Crippen molar-refractivity contribution in [1.82, 2.24) is 30.0 Å². The van der Waals surface area contributed by atoms with Crippen molar-refractivity contribution in [2.45, 2.75) is 26.8 Å². The molecule has 0 unspecified atom stereocenters. The molecule has 4 N–H and O–H groups in total. The number of imidazole rings is 1. The number of rotatable bonds is 6. The summed E-state index contributed by atoms with van der Waals surface area (Å²) in [5, 5.41) is 8.47. The maximum absolute atomic E-state index is 13.8. The maximum atomic E-state index is 13.8. The summed E-state index contributed by atoms with van der Waals surface area (Å²) in [4.78, 5) is 14.6. The van der Waals surface area contributed by atoms with Gasteiger partial charge in [-0.05, 0) is 94.1 Å². The Labute approximate surface area is 228 Å². The molecular weight excluding hydrogens is 489 g/mol. The van der Waals surface area contributed by atoms with Gasteiger partial charge >= 0.3 is 0 Å². The molecule has 200 valence electrons. The average Bonchev–Trinajstić information content (AvgIpc) is 3.55. The fourth-order valence-electron chi connectivity index (χ4n) is 3.87. The molecule has 0 aliphatic heterocycles. The van der Waals surface area contributed by atoms with Gasteiger partial charge in [0.15, 0.2) is 11.5 Å². The van der Waals surface area contributed by atoms with E-state index in [4.69, 9.17) is 5.73 Å². The summed E-state index contributed by atoms with van der Waals surface area (Å²) in [7, 11) is 4.15. The van der Waals surface area contributed by atoms with Gasteiger partial charge in [-0.25, -0.2) is 14.4 Å². The Hall–Kier alpha value is -4.56. The van der Waals surface area contributed by atoms with E-state index in [0.29, 0.717) is 28.9 Å². The van der Waals surface area contributed by atoms with Gasteiger partial charge in [0.2, 0.25) is 0 Å². The second-order valence-electron chi connectivity index (χ2n) is 9.64. The van der Waals surface area contributed by atoms with Crippen molar-refractivity contribution in [3.05, 3.63) is 96.6 Å². The second-order valence-corrected chi connectivity index (χ2v) is 9.64. The summed E-state index contributed by atoms with van der Waals surface area (Å²) < 4.78 is 13.8. The van der Waals surface area contributed by atoms with E-state index in [0.717, 1.165) is 38.7 Å². The number of nitrogens with two attached hydrogens (primary N) is 1. The number of hydrogen-bond donors (Lipinski definition) is 3. The van der Waals surface area contributed by atoms with Crippen LogP contribution < -0.4 is 5.73 Å². The van der Waals surface area contributed by atoms with Gasteiger partial charge in [-0.2, -0.15) is 5.10 Å². The molecule has 0 saturated carbocycles. The van der Waals surface area contributed by atoms with Gasteiger partial charge < -0.3 is 15.6 Å². The van der Waals surface area contributed by atoms with Crippen molar-refractivity contribution in [3.63, 3.8) is 0 Å². The van der Waals surface area contributed by atoms with Crippen LogP contribution in [-0.2, 0) is 0 Å². The number of H-pyrrole nitrogens is 2. The molecule has 0 aliphatic rings. The monoisotopic (exact) mass is 523 g/mol. The normalized spacial score (nSPS) is 12.3. The molecule has 5 rings (SSSR count). The standard InChI is InChI=1S/C26H21FN6.C5H13N/c1-3-15(13-19(28)4-2)16-8-9-22-21(14-16)24(33-32-22)26-30-23-20(10-11-29-25(23)31-26)17-6-5-7-18(27)12-17;1-5(2)6(3)4/h3-14H,2,28H2,1H3,(H,32,33)(H,29,30,31);5H,1-4H3/b15-3+,19-13+;. The van der Waals surface area contributed by atoms with E-state index in [9.17, 15) is 4.39 Å². The first kappa shape index (κ1) is 27.5. The van der Waals surface area contributed by atoms with E-state index >= 15 is 0 Å². The van der Waals surface area contributed by atoms with E-state index in [-0.39, 0.29) is 5.82 Å². The highest BCUT2D eigenvalue weighted by atomic mass is 19.1. The fraction of sp³-hybridized carbons (Fsp3) is 0.194. The molecule has 0 aliphatic carbocycles. The number of halogens is 1. The van der Waals surface area contributed by atoms with Crippen LogP contribution in [0.25, 0.3) is 50.3 Å². The smallest absolute Gasteiger partial charge is 0.178 e. The molecule has 0 fully saturated rings. The summed E-state index contributed by atoms with van der Waals surface area (Å²) in [5.41, 5.74) is 12.9. The third kappa shape index (κ3) is 6.13. The van der Waals surface area contributed by atoms with E-state index < -0.39 is 0 Å². The number of nitrogens with one attached hydrogen (secondary N) is 2. The van der Waals surface area contributed by atoms with Crippen molar-refractivity contribution < 1.29 is 4.39 Å². The third-order valence-corrected chi connectivity index (χ3v) is 6.55. The molecule has 3 heterocycles. The van der Waals surface area contributed by atoms with Crippen LogP contribution in [0, 0.1) is 5.82 Å². The zero-order valence-corrected chi connectivity index (χ0v) is 23.0. The highest BCUT2D eigenvalue weighted by Gasteiger charge is 2.16. The number of hydrogen-bond acceptors (Lipinski definition) is 5. The predicted molar refractivity (Wildman–Crippen MR) is 159 cm³/mol. The molecule has 0 saturated heterocycles. The van der Waals surface area contributed by atoms with Crippen LogP contribution in [0.4, 0.5) is 4.39 Å². The first-order valence-corrected chi connectivity index (χ1v) is 12.7. The summed E-state index contributed by atoms with van der Waals surface area (Å²) >= 11 is 0. The van der Waals surface area contributed by atoms with Crippen molar-refractivity contribution >= 4 is 27.6 Å². The minimum absolute atomic E-state index is 0.297. The number of aromatic nitrogens is 5. The van der Waals surface area contributed by atoms with Gasteiger partial charge in [0, 0.05) is 28.9 Å². The van der Waals surface area contributed by atoms with Crippen LogP contribution in [-0.4, -0.2) is 50.2 Å². The SMILES string of the molecule is C=C/C(N)=C\C(=C/C)c1ccc2[nH]nc(-c3nc4nccc(-c5cccc(F)c5)c4[nH]3)c2c1.CC(C)N(C)C. The molecular formula is C31H34FN7. The summed E-state index contributed by atoms with van der Waals surface area (Å²) in [6.07, 6.45) is 7.16.